The van der Waals surface area contributed by atoms with Crippen LogP contribution in [0, 0.1) is 27.7 Å². The Bertz CT molecular complexity index is 759. The van der Waals surface area contributed by atoms with Crippen LogP contribution in [-0.4, -0.2) is 15.0 Å². The highest BCUT2D eigenvalue weighted by atomic mass is 15.4. The Morgan fingerprint density at radius 2 is 1.43 bits per heavy atom. The molecule has 0 aliphatic heterocycles. The molecule has 3 nitrogen and oxygen atoms in total. The van der Waals surface area contributed by atoms with Crippen LogP contribution in [0.5, 0.6) is 0 Å². The topological polar surface area (TPSA) is 30.7 Å². The van der Waals surface area contributed by atoms with Crippen molar-refractivity contribution in [2.45, 2.75) is 27.7 Å². The molecule has 0 aliphatic carbocycles. The SMILES string of the molecule is Cc1ccc(-c2cn(-c3c(C)cc(C)cc3C)nn2)cc1. The first kappa shape index (κ1) is 13.6. The predicted octanol–water partition coefficient (Wildman–Crippen LogP) is 4.17. The lowest BCUT2D eigenvalue weighted by Crippen LogP contribution is -2.01. The van der Waals surface area contributed by atoms with Crippen LogP contribution < -0.4 is 0 Å². The number of benzene rings is 2. The summed E-state index contributed by atoms with van der Waals surface area (Å²) in [6.07, 6.45) is 2.00. The molecule has 2 aromatic carbocycles. The Labute approximate surface area is 125 Å². The van der Waals surface area contributed by atoms with Crippen molar-refractivity contribution in [2.24, 2.45) is 0 Å². The molecule has 3 rings (SSSR count). The Balaban J connectivity index is 2.05. The number of aromatic nitrogens is 3. The van der Waals surface area contributed by atoms with E-state index < -0.39 is 0 Å². The molecule has 0 N–H and O–H groups in total. The van der Waals surface area contributed by atoms with E-state index in [4.69, 9.17) is 0 Å². The second-order valence-corrected chi connectivity index (χ2v) is 5.66. The maximum Gasteiger partial charge on any atom is 0.113 e. The number of rotatable bonds is 2. The summed E-state index contributed by atoms with van der Waals surface area (Å²) in [5.41, 5.74) is 8.06. The molecule has 0 saturated heterocycles. The molecule has 0 spiro atoms. The Hall–Kier alpha value is -2.42. The van der Waals surface area contributed by atoms with Gasteiger partial charge in [0.1, 0.15) is 5.69 Å². The molecule has 0 radical (unpaired) electrons. The van der Waals surface area contributed by atoms with Crippen molar-refractivity contribution < 1.29 is 0 Å². The minimum absolute atomic E-state index is 0.898. The van der Waals surface area contributed by atoms with Gasteiger partial charge < -0.3 is 0 Å². The van der Waals surface area contributed by atoms with Crippen LogP contribution in [0.3, 0.4) is 0 Å². The van der Waals surface area contributed by atoms with Crippen LogP contribution in [0.25, 0.3) is 16.9 Å². The van der Waals surface area contributed by atoms with Crippen molar-refractivity contribution in [2.75, 3.05) is 0 Å². The molecule has 0 amide bonds. The van der Waals surface area contributed by atoms with E-state index in [-0.39, 0.29) is 0 Å². The standard InChI is InChI=1S/C18H19N3/c1-12-5-7-16(8-6-12)17-11-21(20-19-17)18-14(3)9-13(2)10-15(18)4/h5-11H,1-4H3. The Morgan fingerprint density at radius 1 is 0.810 bits per heavy atom. The van der Waals surface area contributed by atoms with Gasteiger partial charge in [0, 0.05) is 5.56 Å². The Morgan fingerprint density at radius 3 is 2.05 bits per heavy atom. The molecule has 0 atom stereocenters. The highest BCUT2D eigenvalue weighted by Gasteiger charge is 2.10. The summed E-state index contributed by atoms with van der Waals surface area (Å²) < 4.78 is 1.87. The first-order chi connectivity index (χ1) is 10.0. The Kier molecular flexibility index (Phi) is 3.34. The fourth-order valence-electron chi connectivity index (χ4n) is 2.76. The first-order valence-corrected chi connectivity index (χ1v) is 7.12. The van der Waals surface area contributed by atoms with Crippen LogP contribution in [0.2, 0.25) is 0 Å². The second kappa shape index (κ2) is 5.17. The van der Waals surface area contributed by atoms with Crippen molar-refractivity contribution in [1.29, 1.82) is 0 Å². The molecule has 21 heavy (non-hydrogen) atoms. The average molecular weight is 277 g/mol. The third kappa shape index (κ3) is 2.59. The molecular weight excluding hydrogens is 258 g/mol. The smallest absolute Gasteiger partial charge is 0.113 e. The van der Waals surface area contributed by atoms with Gasteiger partial charge in [0.15, 0.2) is 0 Å². The second-order valence-electron chi connectivity index (χ2n) is 5.66. The fraction of sp³-hybridized carbons (Fsp3) is 0.222. The van der Waals surface area contributed by atoms with E-state index in [1.165, 1.54) is 22.3 Å². The largest absolute Gasteiger partial charge is 0.220 e. The zero-order chi connectivity index (χ0) is 15.0. The van der Waals surface area contributed by atoms with E-state index >= 15 is 0 Å². The molecule has 106 valence electrons. The molecular formula is C18H19N3. The zero-order valence-corrected chi connectivity index (χ0v) is 12.9. The summed E-state index contributed by atoms with van der Waals surface area (Å²) in [5, 5.41) is 8.61. The lowest BCUT2D eigenvalue weighted by atomic mass is 10.1. The highest BCUT2D eigenvalue weighted by Crippen LogP contribution is 2.23. The van der Waals surface area contributed by atoms with Crippen molar-refractivity contribution in [3.63, 3.8) is 0 Å². The van der Waals surface area contributed by atoms with E-state index in [0.29, 0.717) is 0 Å². The maximum atomic E-state index is 4.31. The highest BCUT2D eigenvalue weighted by molar-refractivity contribution is 5.59. The van der Waals surface area contributed by atoms with Crippen LogP contribution in [0.1, 0.15) is 22.3 Å². The monoisotopic (exact) mass is 277 g/mol. The van der Waals surface area contributed by atoms with Crippen LogP contribution in [0.15, 0.2) is 42.6 Å². The molecule has 0 bridgehead atoms. The number of nitrogens with zero attached hydrogens (tertiary/aromatic N) is 3. The quantitative estimate of drug-likeness (QED) is 0.704. The molecule has 3 heteroatoms. The van der Waals surface area contributed by atoms with Gasteiger partial charge in [-0.3, -0.25) is 0 Å². The van der Waals surface area contributed by atoms with E-state index in [1.807, 2.05) is 10.9 Å². The summed E-state index contributed by atoms with van der Waals surface area (Å²) in [6.45, 7) is 8.42. The van der Waals surface area contributed by atoms with Gasteiger partial charge in [0.2, 0.25) is 0 Å². The fourth-order valence-corrected chi connectivity index (χ4v) is 2.76. The van der Waals surface area contributed by atoms with Gasteiger partial charge in [0.05, 0.1) is 11.9 Å². The molecule has 1 heterocycles. The van der Waals surface area contributed by atoms with Crippen molar-refractivity contribution in [3.8, 4) is 16.9 Å². The minimum Gasteiger partial charge on any atom is -0.220 e. The van der Waals surface area contributed by atoms with E-state index in [0.717, 1.165) is 16.9 Å². The number of aryl methyl sites for hydroxylation is 4. The summed E-state index contributed by atoms with van der Waals surface area (Å²) in [5.74, 6) is 0. The first-order valence-electron chi connectivity index (χ1n) is 7.12. The molecule has 0 saturated carbocycles. The zero-order valence-electron chi connectivity index (χ0n) is 12.9. The lowest BCUT2D eigenvalue weighted by molar-refractivity contribution is 0.793. The average Bonchev–Trinajstić information content (AvgIpc) is 2.87. The van der Waals surface area contributed by atoms with Crippen LogP contribution >= 0.6 is 0 Å². The van der Waals surface area contributed by atoms with Gasteiger partial charge in [-0.1, -0.05) is 52.7 Å². The van der Waals surface area contributed by atoms with Crippen LogP contribution in [-0.2, 0) is 0 Å². The molecule has 0 aliphatic rings. The van der Waals surface area contributed by atoms with Gasteiger partial charge in [0.25, 0.3) is 0 Å². The summed E-state index contributed by atoms with van der Waals surface area (Å²) in [6, 6.07) is 12.7. The van der Waals surface area contributed by atoms with E-state index in [2.05, 4.69) is 74.4 Å². The summed E-state index contributed by atoms with van der Waals surface area (Å²) >= 11 is 0. The van der Waals surface area contributed by atoms with Gasteiger partial charge in [-0.2, -0.15) is 0 Å². The number of hydrogen-bond donors (Lipinski definition) is 0. The summed E-state index contributed by atoms with van der Waals surface area (Å²) in [4.78, 5) is 0. The molecule has 0 unspecified atom stereocenters. The van der Waals surface area contributed by atoms with Crippen molar-refractivity contribution in [3.05, 3.63) is 64.8 Å². The van der Waals surface area contributed by atoms with Crippen molar-refractivity contribution in [1.82, 2.24) is 15.0 Å². The molecule has 0 fully saturated rings. The van der Waals surface area contributed by atoms with Gasteiger partial charge >= 0.3 is 0 Å². The molecule has 3 aromatic rings. The van der Waals surface area contributed by atoms with Crippen molar-refractivity contribution >= 4 is 0 Å². The van der Waals surface area contributed by atoms with E-state index in [1.54, 1.807) is 0 Å². The van der Waals surface area contributed by atoms with Gasteiger partial charge in [-0.05, 0) is 38.8 Å². The molecule has 1 aromatic heterocycles. The normalized spacial score (nSPS) is 10.9. The van der Waals surface area contributed by atoms with E-state index in [9.17, 15) is 0 Å². The van der Waals surface area contributed by atoms with Gasteiger partial charge in [-0.25, -0.2) is 4.68 Å². The van der Waals surface area contributed by atoms with Gasteiger partial charge in [-0.15, -0.1) is 5.10 Å². The van der Waals surface area contributed by atoms with Crippen LogP contribution in [0.4, 0.5) is 0 Å². The number of hydrogen-bond acceptors (Lipinski definition) is 2. The maximum absolute atomic E-state index is 4.31. The third-order valence-electron chi connectivity index (χ3n) is 3.71. The lowest BCUT2D eigenvalue weighted by Gasteiger charge is -2.10. The predicted molar refractivity (Wildman–Crippen MR) is 85.7 cm³/mol. The minimum atomic E-state index is 0.898. The summed E-state index contributed by atoms with van der Waals surface area (Å²) in [7, 11) is 0. The third-order valence-corrected chi connectivity index (χ3v) is 3.71.